The number of fused-ring (bicyclic) bond motifs is 1. The van der Waals surface area contributed by atoms with Gasteiger partial charge in [-0.05, 0) is 36.1 Å². The molecular weight excluding hydrogens is 352 g/mol. The summed E-state index contributed by atoms with van der Waals surface area (Å²) in [5, 5.41) is 5.71. The summed E-state index contributed by atoms with van der Waals surface area (Å²) in [6.07, 6.45) is 3.32. The lowest BCUT2D eigenvalue weighted by Crippen LogP contribution is -2.24. The minimum absolute atomic E-state index is 0.164. The summed E-state index contributed by atoms with van der Waals surface area (Å²) < 4.78 is 1.63. The number of benzene rings is 1. The first-order chi connectivity index (χ1) is 13.4. The zero-order valence-corrected chi connectivity index (χ0v) is 16.3. The molecule has 0 aliphatic carbocycles. The maximum Gasteiger partial charge on any atom is 0.292 e. The monoisotopic (exact) mass is 376 g/mol. The number of para-hydroxylation sites is 1. The first kappa shape index (κ1) is 19.4. The van der Waals surface area contributed by atoms with Crippen LogP contribution in [-0.4, -0.2) is 27.7 Å². The molecule has 2 amide bonds. The molecule has 0 saturated carbocycles. The van der Waals surface area contributed by atoms with Crippen LogP contribution >= 0.6 is 0 Å². The molecule has 1 aromatic carbocycles. The van der Waals surface area contributed by atoms with Gasteiger partial charge in [0, 0.05) is 18.4 Å². The number of carbonyl (C=O) groups is 2. The van der Waals surface area contributed by atoms with Gasteiger partial charge in [-0.1, -0.05) is 44.2 Å². The van der Waals surface area contributed by atoms with Gasteiger partial charge in [-0.25, -0.2) is 4.98 Å². The number of aryl methyl sites for hydroxylation is 1. The number of rotatable bonds is 6. The quantitative estimate of drug-likeness (QED) is 0.640. The van der Waals surface area contributed by atoms with Crippen molar-refractivity contribution in [2.24, 2.45) is 0 Å². The molecule has 2 N–H and O–H groups in total. The molecule has 28 heavy (non-hydrogen) atoms. The van der Waals surface area contributed by atoms with E-state index in [1.54, 1.807) is 34.9 Å². The number of nitrogens with zero attached hydrogens (tertiary/aromatic N) is 2. The Labute approximate surface area is 164 Å². The van der Waals surface area contributed by atoms with E-state index in [1.807, 2.05) is 25.1 Å². The van der Waals surface area contributed by atoms with Gasteiger partial charge in [-0.2, -0.15) is 0 Å². The van der Waals surface area contributed by atoms with Crippen LogP contribution in [-0.2, 0) is 0 Å². The zero-order valence-electron chi connectivity index (χ0n) is 16.3. The summed E-state index contributed by atoms with van der Waals surface area (Å²) in [6.45, 7) is 10.0. The van der Waals surface area contributed by atoms with Gasteiger partial charge in [-0.15, -0.1) is 6.58 Å². The lowest BCUT2D eigenvalue weighted by Gasteiger charge is -2.16. The molecule has 0 radical (unpaired) electrons. The molecule has 0 aliphatic rings. The molecule has 0 saturated heterocycles. The highest BCUT2D eigenvalue weighted by Crippen LogP contribution is 2.28. The molecule has 0 unspecified atom stereocenters. The highest BCUT2D eigenvalue weighted by atomic mass is 16.2. The summed E-state index contributed by atoms with van der Waals surface area (Å²) in [5.41, 5.74) is 3.60. The van der Waals surface area contributed by atoms with Crippen LogP contribution in [0.3, 0.4) is 0 Å². The smallest absolute Gasteiger partial charge is 0.292 e. The average Bonchev–Trinajstić information content (AvgIpc) is 3.07. The number of pyridine rings is 1. The highest BCUT2D eigenvalue weighted by molar-refractivity contribution is 6.06. The minimum Gasteiger partial charge on any atom is -0.347 e. The second-order valence-electron chi connectivity index (χ2n) is 6.89. The number of imidazole rings is 1. The Balaban J connectivity index is 2.02. The van der Waals surface area contributed by atoms with E-state index in [2.05, 4.69) is 36.0 Å². The Hall–Kier alpha value is -3.41. The summed E-state index contributed by atoms with van der Waals surface area (Å²) >= 11 is 0. The van der Waals surface area contributed by atoms with Gasteiger partial charge in [0.15, 0.2) is 5.69 Å². The van der Waals surface area contributed by atoms with Crippen LogP contribution in [0.4, 0.5) is 5.69 Å². The van der Waals surface area contributed by atoms with Crippen molar-refractivity contribution < 1.29 is 9.59 Å². The zero-order chi connectivity index (χ0) is 20.3. The minimum atomic E-state index is -0.361. The van der Waals surface area contributed by atoms with E-state index in [1.165, 1.54) is 0 Å². The van der Waals surface area contributed by atoms with Gasteiger partial charge >= 0.3 is 0 Å². The van der Waals surface area contributed by atoms with Crippen molar-refractivity contribution in [1.82, 2.24) is 14.7 Å². The summed E-state index contributed by atoms with van der Waals surface area (Å²) in [4.78, 5) is 29.9. The lowest BCUT2D eigenvalue weighted by atomic mass is 9.98. The fraction of sp³-hybridized carbons (Fsp3) is 0.227. The average molecular weight is 376 g/mol. The molecule has 2 heterocycles. The maximum absolute atomic E-state index is 13.1. The van der Waals surface area contributed by atoms with Gasteiger partial charge in [0.25, 0.3) is 11.8 Å². The van der Waals surface area contributed by atoms with Gasteiger partial charge in [0.1, 0.15) is 0 Å². The number of aromatic nitrogens is 2. The Morgan fingerprint density at radius 1 is 1.18 bits per heavy atom. The maximum atomic E-state index is 13.1. The van der Waals surface area contributed by atoms with Crippen LogP contribution < -0.4 is 10.6 Å². The van der Waals surface area contributed by atoms with Crippen LogP contribution in [0.15, 0.2) is 55.3 Å². The number of hydrogen-bond acceptors (Lipinski definition) is 3. The van der Waals surface area contributed by atoms with Gasteiger partial charge < -0.3 is 10.6 Å². The van der Waals surface area contributed by atoms with Crippen molar-refractivity contribution in [2.45, 2.75) is 26.7 Å². The standard InChI is InChI=1S/C22H24N4O2/c1-5-12-23-21(27)19-17-11-6-7-13-26(17)20(24-19)22(28)25-18-15(4)9-8-10-16(18)14(2)3/h5-11,13-14H,1,12H2,2-4H3,(H,23,27)(H,25,28). The molecule has 0 atom stereocenters. The van der Waals surface area contributed by atoms with Crippen molar-refractivity contribution in [1.29, 1.82) is 0 Å². The van der Waals surface area contributed by atoms with E-state index in [0.717, 1.165) is 16.8 Å². The third-order valence-corrected chi connectivity index (χ3v) is 4.54. The summed E-state index contributed by atoms with van der Waals surface area (Å²) in [7, 11) is 0. The fourth-order valence-electron chi connectivity index (χ4n) is 3.13. The Morgan fingerprint density at radius 3 is 2.68 bits per heavy atom. The second kappa shape index (κ2) is 8.08. The number of nitrogens with one attached hydrogen (secondary N) is 2. The van der Waals surface area contributed by atoms with Crippen LogP contribution in [0.1, 0.15) is 52.0 Å². The molecule has 6 heteroatoms. The third kappa shape index (κ3) is 3.67. The van der Waals surface area contributed by atoms with E-state index >= 15 is 0 Å². The van der Waals surface area contributed by atoms with Gasteiger partial charge in [0.2, 0.25) is 5.82 Å². The van der Waals surface area contributed by atoms with Crippen LogP contribution in [0.2, 0.25) is 0 Å². The van der Waals surface area contributed by atoms with E-state index in [9.17, 15) is 9.59 Å². The molecular formula is C22H24N4O2. The van der Waals surface area contributed by atoms with Crippen molar-refractivity contribution in [3.05, 3.63) is 77.9 Å². The van der Waals surface area contributed by atoms with Crippen LogP contribution in [0, 0.1) is 6.92 Å². The molecule has 0 aliphatic heterocycles. The Morgan fingerprint density at radius 2 is 1.96 bits per heavy atom. The third-order valence-electron chi connectivity index (χ3n) is 4.54. The Bertz CT molecular complexity index is 1050. The molecule has 3 aromatic rings. The predicted octanol–water partition coefficient (Wildman–Crippen LogP) is 3.93. The predicted molar refractivity (Wildman–Crippen MR) is 111 cm³/mol. The lowest BCUT2D eigenvalue weighted by molar-refractivity contribution is 0.0955. The van der Waals surface area contributed by atoms with E-state index in [4.69, 9.17) is 0 Å². The van der Waals surface area contributed by atoms with Crippen molar-refractivity contribution >= 4 is 23.0 Å². The van der Waals surface area contributed by atoms with Crippen LogP contribution in [0.5, 0.6) is 0 Å². The molecule has 0 fully saturated rings. The number of amides is 2. The van der Waals surface area contributed by atoms with Crippen molar-refractivity contribution in [2.75, 3.05) is 11.9 Å². The van der Waals surface area contributed by atoms with Gasteiger partial charge in [-0.3, -0.25) is 14.0 Å². The summed E-state index contributed by atoms with van der Waals surface area (Å²) in [6, 6.07) is 11.3. The molecule has 6 nitrogen and oxygen atoms in total. The highest BCUT2D eigenvalue weighted by Gasteiger charge is 2.22. The van der Waals surface area contributed by atoms with E-state index < -0.39 is 0 Å². The normalized spacial score (nSPS) is 10.9. The molecule has 0 bridgehead atoms. The fourth-order valence-corrected chi connectivity index (χ4v) is 3.13. The van der Waals surface area contributed by atoms with Crippen molar-refractivity contribution in [3.8, 4) is 0 Å². The molecule has 144 valence electrons. The topological polar surface area (TPSA) is 75.5 Å². The largest absolute Gasteiger partial charge is 0.347 e. The van der Waals surface area contributed by atoms with E-state index in [0.29, 0.717) is 12.1 Å². The molecule has 3 rings (SSSR count). The number of carbonyl (C=O) groups excluding carboxylic acids is 2. The molecule has 2 aromatic heterocycles. The number of anilines is 1. The summed E-state index contributed by atoms with van der Waals surface area (Å²) in [5.74, 6) is -0.286. The van der Waals surface area contributed by atoms with Crippen LogP contribution in [0.25, 0.3) is 5.52 Å². The second-order valence-corrected chi connectivity index (χ2v) is 6.89. The van der Waals surface area contributed by atoms with Crippen molar-refractivity contribution in [3.63, 3.8) is 0 Å². The molecule has 0 spiro atoms. The first-order valence-corrected chi connectivity index (χ1v) is 9.21. The Kier molecular flexibility index (Phi) is 5.59. The SMILES string of the molecule is C=CCNC(=O)c1nc(C(=O)Nc2c(C)cccc2C(C)C)n2ccccc12. The van der Waals surface area contributed by atoms with E-state index in [-0.39, 0.29) is 29.3 Å². The number of hydrogen-bond donors (Lipinski definition) is 2. The van der Waals surface area contributed by atoms with Gasteiger partial charge in [0.05, 0.1) is 5.52 Å². The first-order valence-electron chi connectivity index (χ1n) is 9.21.